The molecular formula is C25H25NO6. The van der Waals surface area contributed by atoms with E-state index in [4.69, 9.17) is 9.47 Å². The Morgan fingerprint density at radius 2 is 2.03 bits per heavy atom. The third kappa shape index (κ3) is 2.33. The second-order valence-electron chi connectivity index (χ2n) is 9.34. The van der Waals surface area contributed by atoms with Crippen molar-refractivity contribution in [2.24, 2.45) is 0 Å². The van der Waals surface area contributed by atoms with Crippen LogP contribution in [0.4, 0.5) is 0 Å². The van der Waals surface area contributed by atoms with Gasteiger partial charge in [0.05, 0.1) is 11.0 Å². The van der Waals surface area contributed by atoms with Gasteiger partial charge in [-0.25, -0.2) is 4.79 Å². The number of nitrogens with zero attached hydrogens (tertiary/aromatic N) is 1. The first-order valence-electron chi connectivity index (χ1n) is 11.0. The van der Waals surface area contributed by atoms with E-state index < -0.39 is 29.2 Å². The first-order valence-corrected chi connectivity index (χ1v) is 11.0. The number of phenols is 1. The number of likely N-dealkylation sites (N-methyl/N-ethyl adjacent to an activating group) is 1. The van der Waals surface area contributed by atoms with Crippen LogP contribution in [0.3, 0.4) is 0 Å². The van der Waals surface area contributed by atoms with Crippen LogP contribution >= 0.6 is 0 Å². The van der Waals surface area contributed by atoms with Crippen LogP contribution in [0.5, 0.6) is 11.5 Å². The van der Waals surface area contributed by atoms with Crippen molar-refractivity contribution in [3.8, 4) is 11.5 Å². The lowest BCUT2D eigenvalue weighted by molar-refractivity contribution is -0.172. The number of aliphatic hydroxyl groups excluding tert-OH is 1. The van der Waals surface area contributed by atoms with E-state index in [0.717, 1.165) is 17.7 Å². The monoisotopic (exact) mass is 435 g/mol. The highest BCUT2D eigenvalue weighted by Gasteiger charge is 2.72. The molecule has 1 spiro atoms. The quantitative estimate of drug-likeness (QED) is 0.634. The fourth-order valence-electron chi connectivity index (χ4n) is 6.38. The number of carbonyl (C=O) groups excluding carboxylic acids is 1. The Balaban J connectivity index is 1.43. The number of hydrogen-bond donors (Lipinski definition) is 3. The SMILES string of the molecule is CN1CCC23c4c5ccc(O)c4OC2C(OC(=O)[C@@H](O)c2ccccc2)=CC[C@@]3(O)[C@H]1C5. The molecule has 32 heavy (non-hydrogen) atoms. The lowest BCUT2D eigenvalue weighted by Crippen LogP contribution is -2.74. The first-order chi connectivity index (χ1) is 15.4. The number of aliphatic hydroxyl groups is 2. The lowest BCUT2D eigenvalue weighted by Gasteiger charge is -2.61. The Labute approximate surface area is 185 Å². The Kier molecular flexibility index (Phi) is 4.06. The van der Waals surface area contributed by atoms with Crippen LogP contribution in [-0.4, -0.2) is 57.5 Å². The van der Waals surface area contributed by atoms with Crippen molar-refractivity contribution in [3.05, 3.63) is 71.0 Å². The van der Waals surface area contributed by atoms with Crippen LogP contribution in [0.1, 0.15) is 35.6 Å². The topological polar surface area (TPSA) is 99.5 Å². The Morgan fingerprint density at radius 3 is 2.81 bits per heavy atom. The minimum absolute atomic E-state index is 0.0160. The van der Waals surface area contributed by atoms with E-state index in [9.17, 15) is 20.1 Å². The molecule has 4 aliphatic rings. The number of carbonyl (C=O) groups is 1. The van der Waals surface area contributed by atoms with Gasteiger partial charge in [0.2, 0.25) is 0 Å². The van der Waals surface area contributed by atoms with Crippen molar-refractivity contribution < 1.29 is 29.6 Å². The number of ether oxygens (including phenoxy) is 2. The molecule has 2 aromatic rings. The summed E-state index contributed by atoms with van der Waals surface area (Å²) in [6.45, 7) is 0.745. The van der Waals surface area contributed by atoms with E-state index in [1.807, 2.05) is 13.1 Å². The van der Waals surface area contributed by atoms with E-state index in [-0.39, 0.29) is 17.6 Å². The third-order valence-electron chi connectivity index (χ3n) is 7.91. The molecule has 1 saturated heterocycles. The van der Waals surface area contributed by atoms with Gasteiger partial charge in [-0.1, -0.05) is 36.4 Å². The smallest absolute Gasteiger partial charge is 0.344 e. The number of esters is 1. The molecule has 0 radical (unpaired) electrons. The molecule has 2 unspecified atom stereocenters. The average Bonchev–Trinajstić information content (AvgIpc) is 3.16. The third-order valence-corrected chi connectivity index (χ3v) is 7.91. The lowest BCUT2D eigenvalue weighted by atomic mass is 9.50. The fraction of sp³-hybridized carbons (Fsp3) is 0.400. The second kappa shape index (κ2) is 6.57. The van der Waals surface area contributed by atoms with E-state index >= 15 is 0 Å². The maximum absolute atomic E-state index is 12.8. The number of likely N-dealkylation sites (tertiary alicyclic amines) is 1. The molecular weight excluding hydrogens is 410 g/mol. The summed E-state index contributed by atoms with van der Waals surface area (Å²) in [5.74, 6) is -0.140. The summed E-state index contributed by atoms with van der Waals surface area (Å²) in [6.07, 6.45) is 1.06. The highest BCUT2D eigenvalue weighted by Crippen LogP contribution is 2.65. The Bertz CT molecular complexity index is 1150. The molecule has 6 rings (SSSR count). The minimum atomic E-state index is -1.43. The van der Waals surface area contributed by atoms with Crippen LogP contribution < -0.4 is 4.74 Å². The van der Waals surface area contributed by atoms with Gasteiger partial charge in [0.1, 0.15) is 5.76 Å². The van der Waals surface area contributed by atoms with Crippen molar-refractivity contribution in [1.82, 2.24) is 4.90 Å². The highest BCUT2D eigenvalue weighted by atomic mass is 16.6. The molecule has 7 nitrogen and oxygen atoms in total. The predicted octanol–water partition coefficient (Wildman–Crippen LogP) is 1.95. The zero-order valence-corrected chi connectivity index (χ0v) is 17.7. The van der Waals surface area contributed by atoms with Crippen LogP contribution in [0, 0.1) is 0 Å². The zero-order chi connectivity index (χ0) is 22.3. The largest absolute Gasteiger partial charge is 0.504 e. The van der Waals surface area contributed by atoms with Gasteiger partial charge in [-0.05, 0) is 49.7 Å². The fourth-order valence-corrected chi connectivity index (χ4v) is 6.38. The van der Waals surface area contributed by atoms with E-state index in [1.54, 1.807) is 42.5 Å². The molecule has 1 fully saturated rings. The normalized spacial score (nSPS) is 33.0. The van der Waals surface area contributed by atoms with Crippen LogP contribution in [0.15, 0.2) is 54.3 Å². The number of hydrogen-bond acceptors (Lipinski definition) is 7. The molecule has 5 atom stereocenters. The molecule has 2 heterocycles. The van der Waals surface area contributed by atoms with Crippen molar-refractivity contribution in [2.75, 3.05) is 13.6 Å². The number of piperidine rings is 1. The summed E-state index contributed by atoms with van der Waals surface area (Å²) >= 11 is 0. The number of aromatic hydroxyl groups is 1. The summed E-state index contributed by atoms with van der Waals surface area (Å²) in [6, 6.07) is 12.0. The summed E-state index contributed by atoms with van der Waals surface area (Å²) < 4.78 is 12.0. The van der Waals surface area contributed by atoms with Gasteiger partial charge < -0.3 is 29.7 Å². The van der Waals surface area contributed by atoms with Crippen molar-refractivity contribution in [1.29, 1.82) is 0 Å². The van der Waals surface area contributed by atoms with Crippen molar-refractivity contribution in [2.45, 2.75) is 48.5 Å². The molecule has 2 aliphatic carbocycles. The second-order valence-corrected chi connectivity index (χ2v) is 9.34. The first kappa shape index (κ1) is 19.8. The molecule has 2 aliphatic heterocycles. The van der Waals surface area contributed by atoms with Crippen LogP contribution in [0.2, 0.25) is 0 Å². The highest BCUT2D eigenvalue weighted by molar-refractivity contribution is 5.77. The standard InChI is InChI=1S/C25H25NO6/c1-26-12-11-24-19-15-7-8-16(27)21(19)32-22(24)17(9-10-25(24,30)18(26)13-15)31-23(29)20(28)14-5-3-2-4-6-14/h2-9,18,20,22,27-28,30H,10-13H2,1H3/t18-,20+,22?,24?,25-/m1/s1. The van der Waals surface area contributed by atoms with Crippen LogP contribution in [-0.2, 0) is 21.4 Å². The maximum Gasteiger partial charge on any atom is 0.344 e. The van der Waals surface area contributed by atoms with Gasteiger partial charge >= 0.3 is 5.97 Å². The zero-order valence-electron chi connectivity index (χ0n) is 17.7. The summed E-state index contributed by atoms with van der Waals surface area (Å²) in [7, 11) is 2.02. The molecule has 7 heteroatoms. The van der Waals surface area contributed by atoms with Gasteiger partial charge in [0.25, 0.3) is 0 Å². The predicted molar refractivity (Wildman–Crippen MR) is 114 cm³/mol. The summed E-state index contributed by atoms with van der Waals surface area (Å²) in [5, 5.41) is 33.1. The number of phenolic OH excluding ortho intramolecular Hbond substituents is 1. The van der Waals surface area contributed by atoms with E-state index in [1.165, 1.54) is 0 Å². The van der Waals surface area contributed by atoms with Gasteiger partial charge in [-0.3, -0.25) is 0 Å². The van der Waals surface area contributed by atoms with E-state index in [0.29, 0.717) is 30.6 Å². The molecule has 0 saturated carbocycles. The van der Waals surface area contributed by atoms with Gasteiger partial charge in [-0.15, -0.1) is 0 Å². The van der Waals surface area contributed by atoms with Crippen molar-refractivity contribution >= 4 is 5.97 Å². The molecule has 3 N–H and O–H groups in total. The van der Waals surface area contributed by atoms with Gasteiger partial charge in [0.15, 0.2) is 23.7 Å². The van der Waals surface area contributed by atoms with Gasteiger partial charge in [-0.2, -0.15) is 0 Å². The summed E-state index contributed by atoms with van der Waals surface area (Å²) in [5.41, 5.74) is 0.368. The summed E-state index contributed by atoms with van der Waals surface area (Å²) in [4.78, 5) is 15.0. The molecule has 0 amide bonds. The number of rotatable bonds is 3. The molecule has 2 bridgehead atoms. The maximum atomic E-state index is 12.8. The Morgan fingerprint density at radius 1 is 1.25 bits per heavy atom. The Hall–Kier alpha value is -2.87. The van der Waals surface area contributed by atoms with Crippen LogP contribution in [0.25, 0.3) is 0 Å². The molecule has 2 aromatic carbocycles. The van der Waals surface area contributed by atoms with E-state index in [2.05, 4.69) is 4.90 Å². The molecule has 0 aromatic heterocycles. The van der Waals surface area contributed by atoms with Crippen molar-refractivity contribution in [3.63, 3.8) is 0 Å². The average molecular weight is 435 g/mol. The minimum Gasteiger partial charge on any atom is -0.504 e. The molecule has 166 valence electrons. The number of benzene rings is 2. The van der Waals surface area contributed by atoms with Gasteiger partial charge in [0, 0.05) is 18.0 Å².